The van der Waals surface area contributed by atoms with Crippen LogP contribution in [0.1, 0.15) is 16.9 Å². The topological polar surface area (TPSA) is 82.3 Å². The highest BCUT2D eigenvalue weighted by Gasteiger charge is 2.14. The summed E-state index contributed by atoms with van der Waals surface area (Å²) in [7, 11) is 0. The summed E-state index contributed by atoms with van der Waals surface area (Å²) in [6.07, 6.45) is 2.13. The van der Waals surface area contributed by atoms with Gasteiger partial charge in [0.05, 0.1) is 11.2 Å². The van der Waals surface area contributed by atoms with Gasteiger partial charge in [-0.1, -0.05) is 0 Å². The fourth-order valence-corrected chi connectivity index (χ4v) is 1.72. The minimum atomic E-state index is -0.428. The number of nitro benzene ring substituents is 1. The number of aryl methyl sites for hydroxylation is 1. The molecule has 0 bridgehead atoms. The summed E-state index contributed by atoms with van der Waals surface area (Å²) >= 11 is 0. The van der Waals surface area contributed by atoms with Gasteiger partial charge in [0.1, 0.15) is 5.76 Å². The molecule has 0 aliphatic carbocycles. The van der Waals surface area contributed by atoms with Gasteiger partial charge in [-0.05, 0) is 30.7 Å². The molecule has 0 saturated carbocycles. The molecule has 0 saturated heterocycles. The van der Waals surface area contributed by atoms with Gasteiger partial charge < -0.3 is 10.2 Å². The lowest BCUT2D eigenvalue weighted by molar-refractivity contribution is -0.385. The Morgan fingerprint density at radius 1 is 1.47 bits per heavy atom. The van der Waals surface area contributed by atoms with Crippen molar-refractivity contribution in [2.75, 3.05) is 5.73 Å². The normalized spacial score (nSPS) is 10.4. The van der Waals surface area contributed by atoms with E-state index in [4.69, 9.17) is 10.2 Å². The predicted molar refractivity (Wildman–Crippen MR) is 63.8 cm³/mol. The van der Waals surface area contributed by atoms with Gasteiger partial charge in [0.25, 0.3) is 5.69 Å². The standard InChI is InChI=1S/C12H12N2O3/c1-8-5-9(6-10-3-2-4-17-10)11(13)7-12(8)14(15)16/h2-5,7H,6,13H2,1H3. The molecule has 1 aromatic heterocycles. The van der Waals surface area contributed by atoms with Crippen LogP contribution in [0, 0.1) is 17.0 Å². The third-order valence-electron chi connectivity index (χ3n) is 2.60. The van der Waals surface area contributed by atoms with Crippen molar-refractivity contribution >= 4 is 11.4 Å². The minimum Gasteiger partial charge on any atom is -0.469 e. The molecule has 2 aromatic rings. The fraction of sp³-hybridized carbons (Fsp3) is 0.167. The van der Waals surface area contributed by atoms with E-state index < -0.39 is 4.92 Å². The summed E-state index contributed by atoms with van der Waals surface area (Å²) < 4.78 is 5.22. The smallest absolute Gasteiger partial charge is 0.274 e. The highest BCUT2D eigenvalue weighted by Crippen LogP contribution is 2.26. The van der Waals surface area contributed by atoms with Crippen molar-refractivity contribution in [1.29, 1.82) is 0 Å². The van der Waals surface area contributed by atoms with Crippen molar-refractivity contribution < 1.29 is 9.34 Å². The van der Waals surface area contributed by atoms with E-state index in [0.717, 1.165) is 11.3 Å². The average Bonchev–Trinajstić information content (AvgIpc) is 2.75. The Morgan fingerprint density at radius 2 is 2.24 bits per heavy atom. The van der Waals surface area contributed by atoms with Crippen LogP contribution in [0.4, 0.5) is 11.4 Å². The maximum atomic E-state index is 10.7. The Kier molecular flexibility index (Phi) is 2.82. The molecule has 0 aliphatic rings. The number of rotatable bonds is 3. The fourth-order valence-electron chi connectivity index (χ4n) is 1.72. The zero-order valence-corrected chi connectivity index (χ0v) is 9.34. The van der Waals surface area contributed by atoms with Gasteiger partial charge in [-0.15, -0.1) is 0 Å². The second-order valence-electron chi connectivity index (χ2n) is 3.85. The molecule has 17 heavy (non-hydrogen) atoms. The van der Waals surface area contributed by atoms with Crippen molar-refractivity contribution in [3.63, 3.8) is 0 Å². The number of furan rings is 1. The number of benzene rings is 1. The van der Waals surface area contributed by atoms with Crippen molar-refractivity contribution in [1.82, 2.24) is 0 Å². The summed E-state index contributed by atoms with van der Waals surface area (Å²) in [4.78, 5) is 10.3. The van der Waals surface area contributed by atoms with Crippen molar-refractivity contribution in [3.05, 3.63) is 57.5 Å². The molecule has 1 aromatic carbocycles. The highest BCUT2D eigenvalue weighted by molar-refractivity contribution is 5.58. The van der Waals surface area contributed by atoms with Crippen LogP contribution in [0.5, 0.6) is 0 Å². The molecule has 1 heterocycles. The lowest BCUT2D eigenvalue weighted by atomic mass is 10.0. The number of nitrogen functional groups attached to an aromatic ring is 1. The number of hydrogen-bond donors (Lipinski definition) is 1. The number of nitro groups is 1. The lowest BCUT2D eigenvalue weighted by Gasteiger charge is -2.06. The molecular weight excluding hydrogens is 220 g/mol. The first-order valence-electron chi connectivity index (χ1n) is 5.13. The third-order valence-corrected chi connectivity index (χ3v) is 2.60. The molecule has 0 spiro atoms. The monoisotopic (exact) mass is 232 g/mol. The molecule has 2 rings (SSSR count). The molecule has 5 heteroatoms. The average molecular weight is 232 g/mol. The molecule has 0 unspecified atom stereocenters. The summed E-state index contributed by atoms with van der Waals surface area (Å²) in [5.41, 5.74) is 7.70. The van der Waals surface area contributed by atoms with Crippen LogP contribution < -0.4 is 5.73 Å². The zero-order chi connectivity index (χ0) is 12.4. The van der Waals surface area contributed by atoms with E-state index >= 15 is 0 Å². The third kappa shape index (κ3) is 2.28. The van der Waals surface area contributed by atoms with Crippen LogP contribution in [0.2, 0.25) is 0 Å². The van der Waals surface area contributed by atoms with E-state index in [1.807, 2.05) is 6.07 Å². The SMILES string of the molecule is Cc1cc(Cc2ccco2)c(N)cc1[N+](=O)[O-]. The van der Waals surface area contributed by atoms with Gasteiger partial charge >= 0.3 is 0 Å². The minimum absolute atomic E-state index is 0.0469. The summed E-state index contributed by atoms with van der Waals surface area (Å²) in [6, 6.07) is 6.77. The predicted octanol–water partition coefficient (Wildman–Crippen LogP) is 2.67. The number of anilines is 1. The van der Waals surface area contributed by atoms with E-state index in [0.29, 0.717) is 17.7 Å². The van der Waals surface area contributed by atoms with E-state index in [1.54, 1.807) is 25.3 Å². The van der Waals surface area contributed by atoms with Crippen LogP contribution in [-0.2, 0) is 6.42 Å². The van der Waals surface area contributed by atoms with E-state index in [9.17, 15) is 10.1 Å². The molecule has 2 N–H and O–H groups in total. The van der Waals surface area contributed by atoms with E-state index in [-0.39, 0.29) is 5.69 Å². The Balaban J connectivity index is 2.36. The molecule has 0 amide bonds. The van der Waals surface area contributed by atoms with Crippen LogP contribution in [-0.4, -0.2) is 4.92 Å². The van der Waals surface area contributed by atoms with Crippen LogP contribution >= 0.6 is 0 Å². The van der Waals surface area contributed by atoms with Crippen molar-refractivity contribution in [2.24, 2.45) is 0 Å². The molecule has 5 nitrogen and oxygen atoms in total. The Bertz CT molecular complexity index is 547. The zero-order valence-electron chi connectivity index (χ0n) is 9.34. The first-order chi connectivity index (χ1) is 8.08. The number of hydrogen-bond acceptors (Lipinski definition) is 4. The van der Waals surface area contributed by atoms with Gasteiger partial charge in [0.2, 0.25) is 0 Å². The molecule has 0 aliphatic heterocycles. The molecule has 0 atom stereocenters. The van der Waals surface area contributed by atoms with E-state index in [1.165, 1.54) is 6.07 Å². The van der Waals surface area contributed by atoms with Crippen LogP contribution in [0.25, 0.3) is 0 Å². The van der Waals surface area contributed by atoms with Gasteiger partial charge in [-0.2, -0.15) is 0 Å². The van der Waals surface area contributed by atoms with Crippen LogP contribution in [0.15, 0.2) is 34.9 Å². The second-order valence-corrected chi connectivity index (χ2v) is 3.85. The summed E-state index contributed by atoms with van der Waals surface area (Å²) in [5, 5.41) is 10.7. The van der Waals surface area contributed by atoms with Gasteiger partial charge in [-0.25, -0.2) is 0 Å². The first-order valence-corrected chi connectivity index (χ1v) is 5.13. The summed E-state index contributed by atoms with van der Waals surface area (Å²) in [5.74, 6) is 0.782. The highest BCUT2D eigenvalue weighted by atomic mass is 16.6. The largest absolute Gasteiger partial charge is 0.469 e. The first kappa shape index (κ1) is 11.2. The second kappa shape index (κ2) is 4.29. The Labute approximate surface area is 98.0 Å². The van der Waals surface area contributed by atoms with Crippen molar-refractivity contribution in [2.45, 2.75) is 13.3 Å². The molecule has 0 radical (unpaired) electrons. The van der Waals surface area contributed by atoms with E-state index in [2.05, 4.69) is 0 Å². The van der Waals surface area contributed by atoms with Gasteiger partial charge in [0, 0.05) is 23.7 Å². The van der Waals surface area contributed by atoms with Crippen molar-refractivity contribution in [3.8, 4) is 0 Å². The molecular formula is C12H12N2O3. The Morgan fingerprint density at radius 3 is 2.82 bits per heavy atom. The van der Waals surface area contributed by atoms with Gasteiger partial charge in [0.15, 0.2) is 0 Å². The molecule has 0 fully saturated rings. The van der Waals surface area contributed by atoms with Gasteiger partial charge in [-0.3, -0.25) is 10.1 Å². The van der Waals surface area contributed by atoms with Crippen LogP contribution in [0.3, 0.4) is 0 Å². The number of nitrogens with two attached hydrogens (primary N) is 1. The molecule has 88 valence electrons. The maximum absolute atomic E-state index is 10.7. The quantitative estimate of drug-likeness (QED) is 0.501. The summed E-state index contributed by atoms with van der Waals surface area (Å²) in [6.45, 7) is 1.70. The Hall–Kier alpha value is -2.30. The number of nitrogens with zero attached hydrogens (tertiary/aromatic N) is 1. The maximum Gasteiger partial charge on any atom is 0.274 e. The lowest BCUT2D eigenvalue weighted by Crippen LogP contribution is -2.00.